The number of hydrogen-bond acceptors (Lipinski definition) is 3. The number of anilines is 1. The summed E-state index contributed by atoms with van der Waals surface area (Å²) in [6.07, 6.45) is -3.17. The van der Waals surface area contributed by atoms with Crippen LogP contribution in [0.1, 0.15) is 35.6 Å². The van der Waals surface area contributed by atoms with Gasteiger partial charge in [-0.15, -0.1) is 0 Å². The summed E-state index contributed by atoms with van der Waals surface area (Å²) in [6, 6.07) is 11.1. The van der Waals surface area contributed by atoms with Crippen molar-refractivity contribution in [3.05, 3.63) is 65.2 Å². The second-order valence-electron chi connectivity index (χ2n) is 7.15. The van der Waals surface area contributed by atoms with Crippen LogP contribution in [0.5, 0.6) is 0 Å². The second kappa shape index (κ2) is 9.06. The van der Waals surface area contributed by atoms with Gasteiger partial charge in [0.05, 0.1) is 18.2 Å². The molecule has 1 unspecified atom stereocenters. The van der Waals surface area contributed by atoms with E-state index in [1.165, 1.54) is 11.0 Å². The van der Waals surface area contributed by atoms with E-state index in [1.54, 1.807) is 30.3 Å². The third-order valence-corrected chi connectivity index (χ3v) is 5.00. The Morgan fingerprint density at radius 3 is 2.53 bits per heavy atom. The van der Waals surface area contributed by atoms with E-state index < -0.39 is 23.8 Å². The molecule has 2 aromatic rings. The van der Waals surface area contributed by atoms with E-state index in [1.807, 2.05) is 0 Å². The number of likely N-dealkylation sites (tertiary alicyclic amines) is 1. The maximum atomic E-state index is 13.0. The number of carbonyl (C=O) groups is 2. The van der Waals surface area contributed by atoms with Crippen LogP contribution in [0.25, 0.3) is 0 Å². The Hall–Kier alpha value is -3.23. The van der Waals surface area contributed by atoms with E-state index in [4.69, 9.17) is 5.73 Å². The number of urea groups is 1. The zero-order chi connectivity index (χ0) is 21.7. The van der Waals surface area contributed by atoms with Crippen molar-refractivity contribution in [3.63, 3.8) is 0 Å². The van der Waals surface area contributed by atoms with Crippen LogP contribution in [-0.4, -0.2) is 29.9 Å². The fraction of sp³-hybridized carbons (Fsp3) is 0.333. The highest BCUT2D eigenvalue weighted by molar-refractivity contribution is 5.84. The Morgan fingerprint density at radius 2 is 1.83 bits per heavy atom. The van der Waals surface area contributed by atoms with Gasteiger partial charge in [-0.1, -0.05) is 24.3 Å². The van der Waals surface area contributed by atoms with Gasteiger partial charge in [0.25, 0.3) is 0 Å². The van der Waals surface area contributed by atoms with Crippen LogP contribution in [0.3, 0.4) is 0 Å². The monoisotopic (exact) mass is 420 g/mol. The molecule has 0 radical (unpaired) electrons. The minimum atomic E-state index is -4.44. The number of benzene rings is 2. The third-order valence-electron chi connectivity index (χ3n) is 5.00. The van der Waals surface area contributed by atoms with E-state index in [9.17, 15) is 22.8 Å². The topological polar surface area (TPSA) is 87.5 Å². The van der Waals surface area contributed by atoms with Gasteiger partial charge >= 0.3 is 12.2 Å². The maximum Gasteiger partial charge on any atom is 0.416 e. The van der Waals surface area contributed by atoms with Gasteiger partial charge in [0.1, 0.15) is 0 Å². The second-order valence-corrected chi connectivity index (χ2v) is 7.15. The Bertz CT molecular complexity index is 900. The van der Waals surface area contributed by atoms with Crippen LogP contribution >= 0.6 is 0 Å². The molecule has 160 valence electrons. The Labute approximate surface area is 172 Å². The number of rotatable bonds is 5. The van der Waals surface area contributed by atoms with Crippen LogP contribution in [0, 0.1) is 0 Å². The molecule has 0 saturated carbocycles. The fourth-order valence-electron chi connectivity index (χ4n) is 3.47. The summed E-state index contributed by atoms with van der Waals surface area (Å²) in [6.45, 7) is 0.481. The zero-order valence-corrected chi connectivity index (χ0v) is 16.2. The molecule has 1 aliphatic rings. The molecule has 1 saturated heterocycles. The van der Waals surface area contributed by atoms with Gasteiger partial charge < -0.3 is 21.3 Å². The third kappa shape index (κ3) is 5.43. The van der Waals surface area contributed by atoms with Crippen LogP contribution in [0.15, 0.2) is 48.5 Å². The van der Waals surface area contributed by atoms with Gasteiger partial charge in [-0.2, -0.15) is 13.2 Å². The van der Waals surface area contributed by atoms with Gasteiger partial charge in [0.15, 0.2) is 0 Å². The molecule has 2 aromatic carbocycles. The number of nitrogen functional groups attached to an aromatic ring is 1. The molecule has 1 atom stereocenters. The van der Waals surface area contributed by atoms with Crippen molar-refractivity contribution in [2.45, 2.75) is 31.6 Å². The number of hydrogen-bond donors (Lipinski definition) is 3. The maximum absolute atomic E-state index is 13.0. The largest absolute Gasteiger partial charge is 0.416 e. The van der Waals surface area contributed by atoms with Gasteiger partial charge in [0, 0.05) is 18.8 Å². The molecule has 0 aromatic heterocycles. The van der Waals surface area contributed by atoms with Gasteiger partial charge in [-0.3, -0.25) is 4.79 Å². The predicted octanol–water partition coefficient (Wildman–Crippen LogP) is 3.45. The van der Waals surface area contributed by atoms with Crippen LogP contribution in [0.2, 0.25) is 0 Å². The zero-order valence-electron chi connectivity index (χ0n) is 16.2. The Kier molecular flexibility index (Phi) is 6.49. The van der Waals surface area contributed by atoms with Crippen molar-refractivity contribution >= 4 is 17.6 Å². The summed E-state index contributed by atoms with van der Waals surface area (Å²) in [4.78, 5) is 26.1. The Balaban J connectivity index is 1.54. The van der Waals surface area contributed by atoms with Crippen LogP contribution in [-0.2, 0) is 17.5 Å². The Morgan fingerprint density at radius 1 is 1.10 bits per heavy atom. The molecule has 1 heterocycles. The highest BCUT2D eigenvalue weighted by Gasteiger charge is 2.34. The summed E-state index contributed by atoms with van der Waals surface area (Å²) >= 11 is 0. The van der Waals surface area contributed by atoms with Crippen LogP contribution < -0.4 is 16.4 Å². The van der Waals surface area contributed by atoms with Gasteiger partial charge in [-0.05, 0) is 48.2 Å². The first kappa shape index (κ1) is 21.5. The van der Waals surface area contributed by atoms with Crippen molar-refractivity contribution in [1.29, 1.82) is 0 Å². The van der Waals surface area contributed by atoms with Crippen molar-refractivity contribution in [2.75, 3.05) is 18.8 Å². The molecule has 3 rings (SSSR count). The lowest BCUT2D eigenvalue weighted by molar-refractivity contribution is -0.137. The molecular weight excluding hydrogens is 397 g/mol. The summed E-state index contributed by atoms with van der Waals surface area (Å²) in [5, 5.41) is 5.15. The first-order valence-corrected chi connectivity index (χ1v) is 9.57. The molecular formula is C21H23F3N4O2. The van der Waals surface area contributed by atoms with Gasteiger partial charge in [-0.25, -0.2) is 4.79 Å². The van der Waals surface area contributed by atoms with Crippen molar-refractivity contribution < 1.29 is 22.8 Å². The van der Waals surface area contributed by atoms with E-state index in [0.717, 1.165) is 17.7 Å². The fourth-order valence-corrected chi connectivity index (χ4v) is 3.47. The van der Waals surface area contributed by atoms with Crippen molar-refractivity contribution in [1.82, 2.24) is 15.5 Å². The lowest BCUT2D eigenvalue weighted by Gasteiger charge is -2.26. The normalized spacial score (nSPS) is 16.4. The predicted molar refractivity (Wildman–Crippen MR) is 106 cm³/mol. The van der Waals surface area contributed by atoms with Crippen molar-refractivity contribution in [3.8, 4) is 0 Å². The number of halogens is 3. The SMILES string of the molecule is Nc1ccc(CNC(=O)NCC(=O)N2CCCC2c2cccc(C(F)(F)F)c2)cc1. The highest BCUT2D eigenvalue weighted by Crippen LogP contribution is 2.35. The van der Waals surface area contributed by atoms with Crippen LogP contribution in [0.4, 0.5) is 23.7 Å². The summed E-state index contributed by atoms with van der Waals surface area (Å²) in [7, 11) is 0. The summed E-state index contributed by atoms with van der Waals surface area (Å²) in [5.41, 5.74) is 6.80. The molecule has 6 nitrogen and oxygen atoms in total. The number of nitrogens with zero attached hydrogens (tertiary/aromatic N) is 1. The lowest BCUT2D eigenvalue weighted by atomic mass is 10.0. The molecule has 30 heavy (non-hydrogen) atoms. The number of nitrogens with two attached hydrogens (primary N) is 1. The van der Waals surface area contributed by atoms with E-state index in [2.05, 4.69) is 10.6 Å². The molecule has 0 spiro atoms. The first-order valence-electron chi connectivity index (χ1n) is 9.57. The summed E-state index contributed by atoms with van der Waals surface area (Å²) < 4.78 is 39.0. The van der Waals surface area contributed by atoms with Crippen molar-refractivity contribution in [2.24, 2.45) is 0 Å². The van der Waals surface area contributed by atoms with E-state index >= 15 is 0 Å². The van der Waals surface area contributed by atoms with E-state index in [0.29, 0.717) is 30.6 Å². The molecule has 3 amide bonds. The van der Waals surface area contributed by atoms with E-state index in [-0.39, 0.29) is 19.0 Å². The quantitative estimate of drug-likeness (QED) is 0.648. The number of amides is 3. The molecule has 0 aliphatic carbocycles. The first-order chi connectivity index (χ1) is 14.2. The smallest absolute Gasteiger partial charge is 0.399 e. The number of nitrogens with one attached hydrogen (secondary N) is 2. The highest BCUT2D eigenvalue weighted by atomic mass is 19.4. The molecule has 0 bridgehead atoms. The standard InChI is InChI=1S/C21H23F3N4O2/c22-21(23,24)16-4-1-3-15(11-16)18-5-2-10-28(18)19(29)13-27-20(30)26-12-14-6-8-17(25)9-7-14/h1,3-4,6-9,11,18H,2,5,10,12-13,25H2,(H2,26,27,30). The number of alkyl halides is 3. The molecule has 1 fully saturated rings. The average molecular weight is 420 g/mol. The lowest BCUT2D eigenvalue weighted by Crippen LogP contribution is -2.43. The minimum absolute atomic E-state index is 0.233. The number of carbonyl (C=O) groups excluding carboxylic acids is 2. The summed E-state index contributed by atoms with van der Waals surface area (Å²) in [5.74, 6) is -0.336. The van der Waals surface area contributed by atoms with Gasteiger partial charge in [0.2, 0.25) is 5.91 Å². The molecule has 9 heteroatoms. The molecule has 1 aliphatic heterocycles. The average Bonchev–Trinajstić information content (AvgIpc) is 3.21. The molecule has 4 N–H and O–H groups in total. The minimum Gasteiger partial charge on any atom is -0.399 e.